The van der Waals surface area contributed by atoms with Crippen molar-refractivity contribution in [3.63, 3.8) is 0 Å². The first-order valence-electron chi connectivity index (χ1n) is 6.54. The molecule has 0 radical (unpaired) electrons. The molecule has 0 saturated heterocycles. The Morgan fingerprint density at radius 2 is 2.19 bits per heavy atom. The van der Waals surface area contributed by atoms with Gasteiger partial charge in [0.05, 0.1) is 12.2 Å². The van der Waals surface area contributed by atoms with Crippen molar-refractivity contribution < 1.29 is 9.18 Å². The van der Waals surface area contributed by atoms with Gasteiger partial charge in [0.2, 0.25) is 5.91 Å². The van der Waals surface area contributed by atoms with Gasteiger partial charge in [0.15, 0.2) is 0 Å². The van der Waals surface area contributed by atoms with Crippen LogP contribution in [0.2, 0.25) is 0 Å². The number of hydrogen-bond acceptors (Lipinski definition) is 4. The van der Waals surface area contributed by atoms with E-state index in [-0.39, 0.29) is 18.3 Å². The summed E-state index contributed by atoms with van der Waals surface area (Å²) in [7, 11) is 1.83. The topological polar surface area (TPSA) is 58.1 Å². The van der Waals surface area contributed by atoms with Crippen molar-refractivity contribution in [2.24, 2.45) is 0 Å². The molecule has 0 atom stereocenters. The molecule has 1 aromatic carbocycles. The SMILES string of the molecule is Cc1cc(F)ccc1NC(=O)CN(C)Cc1cnccn1. The number of nitrogens with one attached hydrogen (secondary N) is 1. The molecule has 2 rings (SSSR count). The number of carbonyl (C=O) groups excluding carboxylic acids is 1. The van der Waals surface area contributed by atoms with E-state index in [1.807, 2.05) is 11.9 Å². The Morgan fingerprint density at radius 1 is 1.38 bits per heavy atom. The minimum absolute atomic E-state index is 0.156. The van der Waals surface area contributed by atoms with E-state index in [1.165, 1.54) is 12.1 Å². The third kappa shape index (κ3) is 4.61. The van der Waals surface area contributed by atoms with E-state index in [4.69, 9.17) is 0 Å². The lowest BCUT2D eigenvalue weighted by Crippen LogP contribution is -2.30. The van der Waals surface area contributed by atoms with E-state index in [1.54, 1.807) is 31.6 Å². The van der Waals surface area contributed by atoms with Crippen LogP contribution in [0.25, 0.3) is 0 Å². The number of rotatable bonds is 5. The second-order valence-electron chi connectivity index (χ2n) is 4.88. The van der Waals surface area contributed by atoms with Gasteiger partial charge in [-0.15, -0.1) is 0 Å². The van der Waals surface area contributed by atoms with Crippen LogP contribution in [0.5, 0.6) is 0 Å². The predicted octanol–water partition coefficient (Wildman–Crippen LogP) is 1.99. The lowest BCUT2D eigenvalue weighted by Gasteiger charge is -2.16. The van der Waals surface area contributed by atoms with Crippen LogP contribution in [0.1, 0.15) is 11.3 Å². The summed E-state index contributed by atoms with van der Waals surface area (Å²) in [6, 6.07) is 4.27. The van der Waals surface area contributed by atoms with Crippen molar-refractivity contribution in [1.82, 2.24) is 14.9 Å². The van der Waals surface area contributed by atoms with Gasteiger partial charge in [-0.3, -0.25) is 19.7 Å². The summed E-state index contributed by atoms with van der Waals surface area (Å²) in [5, 5.41) is 2.77. The molecule has 0 spiro atoms. The molecule has 0 aliphatic rings. The highest BCUT2D eigenvalue weighted by Gasteiger charge is 2.09. The van der Waals surface area contributed by atoms with E-state index >= 15 is 0 Å². The molecule has 1 aromatic heterocycles. The normalized spacial score (nSPS) is 10.7. The van der Waals surface area contributed by atoms with Gasteiger partial charge < -0.3 is 5.32 Å². The second kappa shape index (κ2) is 6.90. The molecule has 2 aromatic rings. The van der Waals surface area contributed by atoms with E-state index in [9.17, 15) is 9.18 Å². The summed E-state index contributed by atoms with van der Waals surface area (Å²) in [6.07, 6.45) is 4.89. The number of amides is 1. The Bertz CT molecular complexity index is 618. The van der Waals surface area contributed by atoms with Crippen molar-refractivity contribution in [2.45, 2.75) is 13.5 Å². The van der Waals surface area contributed by atoms with Crippen molar-refractivity contribution in [2.75, 3.05) is 18.9 Å². The summed E-state index contributed by atoms with van der Waals surface area (Å²) in [6.45, 7) is 2.50. The Kier molecular flexibility index (Phi) is 4.94. The van der Waals surface area contributed by atoms with Crippen LogP contribution in [0.3, 0.4) is 0 Å². The summed E-state index contributed by atoms with van der Waals surface area (Å²) < 4.78 is 13.0. The summed E-state index contributed by atoms with van der Waals surface area (Å²) >= 11 is 0. The maximum absolute atomic E-state index is 13.0. The molecule has 0 saturated carbocycles. The lowest BCUT2D eigenvalue weighted by atomic mass is 10.2. The minimum atomic E-state index is -0.315. The van der Waals surface area contributed by atoms with Crippen LogP contribution in [0, 0.1) is 12.7 Å². The van der Waals surface area contributed by atoms with E-state index in [2.05, 4.69) is 15.3 Å². The van der Waals surface area contributed by atoms with Crippen molar-refractivity contribution >= 4 is 11.6 Å². The highest BCUT2D eigenvalue weighted by molar-refractivity contribution is 5.92. The van der Waals surface area contributed by atoms with Gasteiger partial charge in [0, 0.05) is 30.8 Å². The lowest BCUT2D eigenvalue weighted by molar-refractivity contribution is -0.117. The first-order valence-corrected chi connectivity index (χ1v) is 6.54. The van der Waals surface area contributed by atoms with Crippen molar-refractivity contribution in [3.05, 3.63) is 53.9 Å². The van der Waals surface area contributed by atoms with E-state index < -0.39 is 0 Å². The molecular formula is C15H17FN4O. The maximum atomic E-state index is 13.0. The standard InChI is InChI=1S/C15H17FN4O/c1-11-7-12(16)3-4-14(11)19-15(21)10-20(2)9-13-8-17-5-6-18-13/h3-8H,9-10H2,1-2H3,(H,19,21). The van der Waals surface area contributed by atoms with Gasteiger partial charge in [-0.2, -0.15) is 0 Å². The average Bonchev–Trinajstić information content (AvgIpc) is 2.43. The van der Waals surface area contributed by atoms with Crippen LogP contribution < -0.4 is 5.32 Å². The molecule has 110 valence electrons. The number of aromatic nitrogens is 2. The zero-order valence-electron chi connectivity index (χ0n) is 12.0. The quantitative estimate of drug-likeness (QED) is 0.914. The van der Waals surface area contributed by atoms with Crippen LogP contribution in [-0.2, 0) is 11.3 Å². The molecule has 0 aliphatic heterocycles. The molecular weight excluding hydrogens is 271 g/mol. The fourth-order valence-corrected chi connectivity index (χ4v) is 1.95. The maximum Gasteiger partial charge on any atom is 0.238 e. The first-order chi connectivity index (χ1) is 10.0. The smallest absolute Gasteiger partial charge is 0.238 e. The van der Waals surface area contributed by atoms with E-state index in [0.29, 0.717) is 17.8 Å². The monoisotopic (exact) mass is 288 g/mol. The zero-order valence-corrected chi connectivity index (χ0v) is 12.0. The highest BCUT2D eigenvalue weighted by atomic mass is 19.1. The molecule has 6 heteroatoms. The van der Waals surface area contributed by atoms with Gasteiger partial charge in [-0.1, -0.05) is 0 Å². The minimum Gasteiger partial charge on any atom is -0.325 e. The molecule has 0 unspecified atom stereocenters. The molecule has 0 bridgehead atoms. The highest BCUT2D eigenvalue weighted by Crippen LogP contribution is 2.15. The summed E-state index contributed by atoms with van der Waals surface area (Å²) in [4.78, 5) is 21.9. The van der Waals surface area contributed by atoms with Crippen molar-refractivity contribution in [1.29, 1.82) is 0 Å². The Morgan fingerprint density at radius 3 is 2.86 bits per heavy atom. The Labute approximate surface area is 122 Å². The van der Waals surface area contributed by atoms with Gasteiger partial charge >= 0.3 is 0 Å². The zero-order chi connectivity index (χ0) is 15.2. The molecule has 1 heterocycles. The number of likely N-dealkylation sites (N-methyl/N-ethyl adjacent to an activating group) is 1. The van der Waals surface area contributed by atoms with Gasteiger partial charge in [-0.25, -0.2) is 4.39 Å². The van der Waals surface area contributed by atoms with E-state index in [0.717, 1.165) is 5.69 Å². The number of anilines is 1. The predicted molar refractivity (Wildman–Crippen MR) is 78.1 cm³/mol. The molecule has 0 aliphatic carbocycles. The molecule has 1 amide bonds. The number of nitrogens with zero attached hydrogens (tertiary/aromatic N) is 3. The molecule has 5 nitrogen and oxygen atoms in total. The van der Waals surface area contributed by atoms with Crippen LogP contribution in [-0.4, -0.2) is 34.4 Å². The number of halogens is 1. The number of hydrogen-bond donors (Lipinski definition) is 1. The van der Waals surface area contributed by atoms with Crippen LogP contribution in [0.15, 0.2) is 36.8 Å². The second-order valence-corrected chi connectivity index (χ2v) is 4.88. The van der Waals surface area contributed by atoms with Crippen LogP contribution in [0.4, 0.5) is 10.1 Å². The van der Waals surface area contributed by atoms with Crippen molar-refractivity contribution in [3.8, 4) is 0 Å². The first kappa shape index (κ1) is 15.1. The Hall–Kier alpha value is -2.34. The fraction of sp³-hybridized carbons (Fsp3) is 0.267. The van der Waals surface area contributed by atoms with Gasteiger partial charge in [0.25, 0.3) is 0 Å². The van der Waals surface area contributed by atoms with Gasteiger partial charge in [0.1, 0.15) is 5.82 Å². The Balaban J connectivity index is 1.89. The average molecular weight is 288 g/mol. The third-order valence-corrected chi connectivity index (χ3v) is 2.92. The number of benzene rings is 1. The fourth-order valence-electron chi connectivity index (χ4n) is 1.95. The molecule has 21 heavy (non-hydrogen) atoms. The van der Waals surface area contributed by atoms with Gasteiger partial charge in [-0.05, 0) is 37.7 Å². The summed E-state index contributed by atoms with van der Waals surface area (Å²) in [5.74, 6) is -0.471. The third-order valence-electron chi connectivity index (χ3n) is 2.92. The molecule has 0 fully saturated rings. The number of carbonyl (C=O) groups is 1. The molecule has 1 N–H and O–H groups in total. The van der Waals surface area contributed by atoms with Crippen LogP contribution >= 0.6 is 0 Å². The number of aryl methyl sites for hydroxylation is 1. The summed E-state index contributed by atoms with van der Waals surface area (Å²) in [5.41, 5.74) is 2.11. The largest absolute Gasteiger partial charge is 0.325 e.